The molecule has 0 aromatic heterocycles. The molecule has 0 nitrogen and oxygen atoms in total. The molecule has 0 N–H and O–H groups in total. The Morgan fingerprint density at radius 2 is 0.521 bits per heavy atom. The van der Waals surface area contributed by atoms with Crippen LogP contribution in [-0.2, 0) is 0 Å². The zero-order valence-electron chi connectivity index (χ0n) is 26.2. The van der Waals surface area contributed by atoms with E-state index >= 15 is 0 Å². The molecule has 0 radical (unpaired) electrons. The molecule has 0 aliphatic rings. The van der Waals surface area contributed by atoms with E-state index in [4.69, 9.17) is 0 Å². The van der Waals surface area contributed by atoms with E-state index < -0.39 is 0 Å². The lowest BCUT2D eigenvalue weighted by Crippen LogP contribution is -1.87. The van der Waals surface area contributed by atoms with Crippen LogP contribution in [0.15, 0.2) is 170 Å². The Labute approximate surface area is 276 Å². The van der Waals surface area contributed by atoms with Gasteiger partial charge in [-0.3, -0.25) is 0 Å². The van der Waals surface area contributed by atoms with Gasteiger partial charge in [-0.2, -0.15) is 0 Å². The van der Waals surface area contributed by atoms with Crippen molar-refractivity contribution in [1.82, 2.24) is 0 Å². The van der Waals surface area contributed by atoms with Gasteiger partial charge in [0.25, 0.3) is 0 Å². The lowest BCUT2D eigenvalue weighted by molar-refractivity contribution is 1.78. The van der Waals surface area contributed by atoms with Crippen LogP contribution in [0.2, 0.25) is 0 Å². The molecule has 0 bridgehead atoms. The van der Waals surface area contributed by atoms with E-state index in [1.54, 1.807) is 0 Å². The molecule has 12 rings (SSSR count). The van der Waals surface area contributed by atoms with Crippen LogP contribution in [0.5, 0.6) is 0 Å². The van der Waals surface area contributed by atoms with Crippen molar-refractivity contribution in [2.75, 3.05) is 0 Å². The molecule has 0 atom stereocenters. The van der Waals surface area contributed by atoms with Gasteiger partial charge in [-0.1, -0.05) is 140 Å². The van der Waals surface area contributed by atoms with Gasteiger partial charge in [-0.25, -0.2) is 0 Å². The Morgan fingerprint density at radius 1 is 0.167 bits per heavy atom. The van der Waals surface area contributed by atoms with Gasteiger partial charge in [-0.15, -0.1) is 0 Å². The third kappa shape index (κ3) is 3.60. The summed E-state index contributed by atoms with van der Waals surface area (Å²) >= 11 is 0. The Bertz CT molecular complexity index is 3090. The summed E-state index contributed by atoms with van der Waals surface area (Å²) in [6.07, 6.45) is 0. The van der Waals surface area contributed by atoms with Gasteiger partial charge in [0.2, 0.25) is 0 Å². The van der Waals surface area contributed by atoms with Crippen molar-refractivity contribution in [3.05, 3.63) is 170 Å². The highest BCUT2D eigenvalue weighted by atomic mass is 14.2. The summed E-state index contributed by atoms with van der Waals surface area (Å²) in [4.78, 5) is 0. The molecule has 0 heteroatoms. The molecule has 0 spiro atoms. The number of hydrogen-bond donors (Lipinski definition) is 0. The molecule has 0 aliphatic carbocycles. The number of benzene rings is 12. The summed E-state index contributed by atoms with van der Waals surface area (Å²) in [5.74, 6) is 0. The Hall–Kier alpha value is -6.24. The van der Waals surface area contributed by atoms with Crippen molar-refractivity contribution in [3.63, 3.8) is 0 Å². The van der Waals surface area contributed by atoms with Crippen molar-refractivity contribution < 1.29 is 0 Å². The zero-order valence-corrected chi connectivity index (χ0v) is 26.2. The van der Waals surface area contributed by atoms with E-state index in [9.17, 15) is 0 Å². The molecule has 220 valence electrons. The largest absolute Gasteiger partial charge is 0.0616 e. The van der Waals surface area contributed by atoms with E-state index in [1.807, 2.05) is 0 Å². The van der Waals surface area contributed by atoms with Crippen molar-refractivity contribution >= 4 is 108 Å². The summed E-state index contributed by atoms with van der Waals surface area (Å²) in [6, 6.07) is 62.5. The minimum absolute atomic E-state index is 1.30. The van der Waals surface area contributed by atoms with E-state index in [0.717, 1.165) is 0 Å². The zero-order chi connectivity index (χ0) is 31.3. The Kier molecular flexibility index (Phi) is 5.20. The van der Waals surface area contributed by atoms with Crippen LogP contribution in [0, 0.1) is 0 Å². The molecule has 0 fully saturated rings. The molecule has 0 saturated heterocycles. The summed E-state index contributed by atoms with van der Waals surface area (Å²) in [6.45, 7) is 0. The van der Waals surface area contributed by atoms with Gasteiger partial charge >= 0.3 is 0 Å². The second kappa shape index (κ2) is 9.64. The summed E-state index contributed by atoms with van der Waals surface area (Å²) in [5.41, 5.74) is 0. The molecule has 12 aromatic rings. The third-order valence-electron chi connectivity index (χ3n) is 10.7. The average molecular weight is 605 g/mol. The number of fused-ring (bicyclic) bond motifs is 7. The van der Waals surface area contributed by atoms with Gasteiger partial charge in [-0.05, 0) is 138 Å². The highest BCUT2D eigenvalue weighted by molar-refractivity contribution is 6.35. The number of hydrogen-bond acceptors (Lipinski definition) is 0. The smallest absolute Gasteiger partial charge is 0.00203 e. The van der Waals surface area contributed by atoms with Crippen molar-refractivity contribution in [2.45, 2.75) is 0 Å². The highest BCUT2D eigenvalue weighted by Crippen LogP contribution is 2.42. The minimum Gasteiger partial charge on any atom is -0.0616 e. The standard InChI is InChI=1S/2C24H14/c1-2-6-18-14-22-20-10-4-8-16-12-11-15-7-3-9-19(23(15)24(16)20)21(22)13-17(18)5-1;1-2-5-18-14-22-20(12-17(18)4-1)13-19-9-8-15-6-3-7-16-10-11-21(22)24(19)23(15)16/h2*1-14H. The fourth-order valence-corrected chi connectivity index (χ4v) is 8.52. The summed E-state index contributed by atoms with van der Waals surface area (Å²) < 4.78 is 0. The second-order valence-corrected chi connectivity index (χ2v) is 13.3. The topological polar surface area (TPSA) is 0 Å². The highest BCUT2D eigenvalue weighted by Gasteiger charge is 2.14. The van der Waals surface area contributed by atoms with Crippen LogP contribution in [0.3, 0.4) is 0 Å². The van der Waals surface area contributed by atoms with Gasteiger partial charge < -0.3 is 0 Å². The van der Waals surface area contributed by atoms with Crippen molar-refractivity contribution in [2.24, 2.45) is 0 Å². The predicted molar refractivity (Wildman–Crippen MR) is 210 cm³/mol. The van der Waals surface area contributed by atoms with E-state index in [1.165, 1.54) is 108 Å². The maximum atomic E-state index is 2.36. The lowest BCUT2D eigenvalue weighted by atomic mass is 9.88. The first-order chi connectivity index (χ1) is 23.8. The molecule has 0 aliphatic heterocycles. The van der Waals surface area contributed by atoms with Gasteiger partial charge in [0.05, 0.1) is 0 Å². The molecule has 0 unspecified atom stereocenters. The fourth-order valence-electron chi connectivity index (χ4n) is 8.52. The first-order valence-electron chi connectivity index (χ1n) is 16.8. The summed E-state index contributed by atoms with van der Waals surface area (Å²) in [7, 11) is 0. The third-order valence-corrected chi connectivity index (χ3v) is 10.7. The molecule has 0 heterocycles. The van der Waals surface area contributed by atoms with Crippen LogP contribution in [-0.4, -0.2) is 0 Å². The van der Waals surface area contributed by atoms with Crippen LogP contribution < -0.4 is 0 Å². The molecule has 0 saturated carbocycles. The van der Waals surface area contributed by atoms with E-state index in [2.05, 4.69) is 170 Å². The van der Waals surface area contributed by atoms with E-state index in [-0.39, 0.29) is 0 Å². The fraction of sp³-hybridized carbons (Fsp3) is 0. The van der Waals surface area contributed by atoms with Crippen molar-refractivity contribution in [3.8, 4) is 0 Å². The molecular formula is C48H28. The maximum absolute atomic E-state index is 2.36. The normalized spacial score (nSPS) is 12.2. The number of rotatable bonds is 0. The van der Waals surface area contributed by atoms with Crippen LogP contribution >= 0.6 is 0 Å². The molecule has 0 amide bonds. The second-order valence-electron chi connectivity index (χ2n) is 13.3. The first kappa shape index (κ1) is 25.9. The monoisotopic (exact) mass is 604 g/mol. The first-order valence-corrected chi connectivity index (χ1v) is 16.8. The van der Waals surface area contributed by atoms with E-state index in [0.29, 0.717) is 0 Å². The van der Waals surface area contributed by atoms with Gasteiger partial charge in [0, 0.05) is 0 Å². The molecular weight excluding hydrogens is 577 g/mol. The van der Waals surface area contributed by atoms with Crippen LogP contribution in [0.1, 0.15) is 0 Å². The van der Waals surface area contributed by atoms with Crippen LogP contribution in [0.4, 0.5) is 0 Å². The summed E-state index contributed by atoms with van der Waals surface area (Å²) in [5, 5.41) is 26.9. The quantitative estimate of drug-likeness (QED) is 0.119. The Balaban J connectivity index is 0.000000117. The van der Waals surface area contributed by atoms with Gasteiger partial charge in [0.15, 0.2) is 0 Å². The maximum Gasteiger partial charge on any atom is -0.00203 e. The SMILES string of the molecule is c1ccc2cc3c(cc2c1)c1cccc2ccc4cccc3c4c21.c1ccc2cc3c(cc2c1)cc1ccc2cccc4ccc3c1c24. The molecule has 12 aromatic carbocycles. The minimum atomic E-state index is 1.30. The van der Waals surface area contributed by atoms with Crippen molar-refractivity contribution in [1.29, 1.82) is 0 Å². The van der Waals surface area contributed by atoms with Crippen LogP contribution in [0.25, 0.3) is 108 Å². The molecule has 48 heavy (non-hydrogen) atoms. The lowest BCUT2D eigenvalue weighted by Gasteiger charge is -2.15. The van der Waals surface area contributed by atoms with Gasteiger partial charge in [0.1, 0.15) is 0 Å². The average Bonchev–Trinajstić information content (AvgIpc) is 3.15. The predicted octanol–water partition coefficient (Wildman–Crippen LogP) is 13.8. The Morgan fingerprint density at radius 3 is 1.08 bits per heavy atom.